The summed E-state index contributed by atoms with van der Waals surface area (Å²) in [5, 5.41) is 0.999. The maximum atomic E-state index is 5.94. The van der Waals surface area contributed by atoms with Gasteiger partial charge >= 0.3 is 0 Å². The summed E-state index contributed by atoms with van der Waals surface area (Å²) in [6, 6.07) is 5.11. The Balaban J connectivity index is 3.02. The van der Waals surface area contributed by atoms with Gasteiger partial charge in [-0.2, -0.15) is 0 Å². The maximum absolute atomic E-state index is 5.94. The molecule has 0 aliphatic carbocycles. The Labute approximate surface area is 87.8 Å². The van der Waals surface area contributed by atoms with E-state index in [1.165, 1.54) is 0 Å². The van der Waals surface area contributed by atoms with Crippen LogP contribution in [0.5, 0.6) is 0 Å². The van der Waals surface area contributed by atoms with Crippen molar-refractivity contribution >= 4 is 23.2 Å². The lowest BCUT2D eigenvalue weighted by molar-refractivity contribution is 0.755. The fraction of sp³-hybridized carbons (Fsp3) is 0.200. The Bertz CT molecular complexity index is 341. The van der Waals surface area contributed by atoms with E-state index in [2.05, 4.69) is 5.92 Å². The van der Waals surface area contributed by atoms with Crippen LogP contribution in [0.15, 0.2) is 18.2 Å². The molecule has 0 fully saturated rings. The third kappa shape index (κ3) is 2.38. The third-order valence-electron chi connectivity index (χ3n) is 1.72. The van der Waals surface area contributed by atoms with Gasteiger partial charge in [-0.05, 0) is 11.6 Å². The number of halogens is 2. The van der Waals surface area contributed by atoms with E-state index in [9.17, 15) is 0 Å². The second kappa shape index (κ2) is 4.53. The molecule has 1 unspecified atom stereocenters. The van der Waals surface area contributed by atoms with E-state index in [4.69, 9.17) is 35.4 Å². The first-order valence-corrected chi connectivity index (χ1v) is 4.55. The summed E-state index contributed by atoms with van der Waals surface area (Å²) in [5.41, 5.74) is 6.59. The molecule has 1 rings (SSSR count). The molecule has 0 aromatic heterocycles. The fourth-order valence-corrected chi connectivity index (χ4v) is 1.49. The van der Waals surface area contributed by atoms with E-state index in [0.717, 1.165) is 5.56 Å². The second-order valence-electron chi connectivity index (χ2n) is 2.66. The molecule has 1 atom stereocenters. The molecular formula is C10H9Cl2N. The quantitative estimate of drug-likeness (QED) is 0.752. The van der Waals surface area contributed by atoms with Gasteiger partial charge in [-0.15, -0.1) is 12.3 Å². The van der Waals surface area contributed by atoms with Gasteiger partial charge in [0.15, 0.2) is 0 Å². The van der Waals surface area contributed by atoms with Gasteiger partial charge in [-0.3, -0.25) is 0 Å². The van der Waals surface area contributed by atoms with Gasteiger partial charge in [-0.1, -0.05) is 35.3 Å². The molecule has 1 nitrogen and oxygen atoms in total. The SMILES string of the molecule is C#CCC(N)c1cccc(Cl)c1Cl. The number of rotatable bonds is 2. The normalized spacial score (nSPS) is 12.2. The summed E-state index contributed by atoms with van der Waals surface area (Å²) in [5.74, 6) is 2.49. The van der Waals surface area contributed by atoms with Crippen molar-refractivity contribution in [3.63, 3.8) is 0 Å². The standard InChI is InChI=1S/C10H9Cl2N/c1-2-4-9(13)7-5-3-6-8(11)10(7)12/h1,3,5-6,9H,4,13H2. The highest BCUT2D eigenvalue weighted by Crippen LogP contribution is 2.29. The zero-order valence-electron chi connectivity index (χ0n) is 6.93. The number of benzene rings is 1. The van der Waals surface area contributed by atoms with E-state index >= 15 is 0 Å². The Morgan fingerprint density at radius 2 is 2.15 bits per heavy atom. The summed E-state index contributed by atoms with van der Waals surface area (Å²) in [4.78, 5) is 0. The highest BCUT2D eigenvalue weighted by atomic mass is 35.5. The minimum Gasteiger partial charge on any atom is -0.323 e. The highest BCUT2D eigenvalue weighted by molar-refractivity contribution is 6.42. The molecule has 0 amide bonds. The summed E-state index contributed by atoms with van der Waals surface area (Å²) >= 11 is 11.8. The second-order valence-corrected chi connectivity index (χ2v) is 3.44. The fourth-order valence-electron chi connectivity index (χ4n) is 1.04. The molecule has 3 heteroatoms. The van der Waals surface area contributed by atoms with Crippen LogP contribution in [0.3, 0.4) is 0 Å². The van der Waals surface area contributed by atoms with Gasteiger partial charge in [0.25, 0.3) is 0 Å². The van der Waals surface area contributed by atoms with Crippen LogP contribution in [0.1, 0.15) is 18.0 Å². The van der Waals surface area contributed by atoms with Crippen molar-refractivity contribution in [2.75, 3.05) is 0 Å². The predicted octanol–water partition coefficient (Wildman–Crippen LogP) is 3.02. The van der Waals surface area contributed by atoms with Crippen LogP contribution in [0, 0.1) is 12.3 Å². The number of terminal acetylenes is 1. The minimum absolute atomic E-state index is 0.240. The molecule has 1 aromatic carbocycles. The molecular weight excluding hydrogens is 205 g/mol. The molecule has 0 radical (unpaired) electrons. The van der Waals surface area contributed by atoms with Crippen LogP contribution in [0.2, 0.25) is 10.0 Å². The molecule has 13 heavy (non-hydrogen) atoms. The monoisotopic (exact) mass is 213 g/mol. The van der Waals surface area contributed by atoms with Gasteiger partial charge < -0.3 is 5.73 Å². The van der Waals surface area contributed by atoms with Crippen molar-refractivity contribution in [2.45, 2.75) is 12.5 Å². The molecule has 0 spiro atoms. The van der Waals surface area contributed by atoms with Crippen molar-refractivity contribution < 1.29 is 0 Å². The smallest absolute Gasteiger partial charge is 0.0640 e. The number of hydrogen-bond acceptors (Lipinski definition) is 1. The van der Waals surface area contributed by atoms with Crippen molar-refractivity contribution in [1.82, 2.24) is 0 Å². The summed E-state index contributed by atoms with van der Waals surface area (Å²) in [6.45, 7) is 0. The van der Waals surface area contributed by atoms with E-state index in [0.29, 0.717) is 16.5 Å². The van der Waals surface area contributed by atoms with Gasteiger partial charge in [-0.25, -0.2) is 0 Å². The highest BCUT2D eigenvalue weighted by Gasteiger charge is 2.10. The molecule has 0 saturated heterocycles. The third-order valence-corrected chi connectivity index (χ3v) is 2.55. The Morgan fingerprint density at radius 3 is 2.77 bits per heavy atom. The summed E-state index contributed by atoms with van der Waals surface area (Å²) in [7, 11) is 0. The van der Waals surface area contributed by atoms with Crippen LogP contribution in [-0.4, -0.2) is 0 Å². The minimum atomic E-state index is -0.240. The van der Waals surface area contributed by atoms with Crippen LogP contribution in [0.25, 0.3) is 0 Å². The van der Waals surface area contributed by atoms with E-state index in [1.54, 1.807) is 12.1 Å². The van der Waals surface area contributed by atoms with Crippen molar-refractivity contribution in [1.29, 1.82) is 0 Å². The first-order chi connectivity index (χ1) is 6.16. The molecule has 0 heterocycles. The van der Waals surface area contributed by atoms with Crippen LogP contribution >= 0.6 is 23.2 Å². The summed E-state index contributed by atoms with van der Waals surface area (Å²) < 4.78 is 0. The van der Waals surface area contributed by atoms with Crippen molar-refractivity contribution in [2.24, 2.45) is 5.73 Å². The Hall–Kier alpha value is -0.680. The Kier molecular flexibility index (Phi) is 3.62. The molecule has 0 aliphatic rings. The number of nitrogens with two attached hydrogens (primary N) is 1. The van der Waals surface area contributed by atoms with Gasteiger partial charge in [0, 0.05) is 12.5 Å². The molecule has 1 aromatic rings. The Morgan fingerprint density at radius 1 is 1.46 bits per heavy atom. The molecule has 0 bridgehead atoms. The van der Waals surface area contributed by atoms with Gasteiger partial charge in [0.1, 0.15) is 0 Å². The largest absolute Gasteiger partial charge is 0.323 e. The molecule has 0 saturated carbocycles. The lowest BCUT2D eigenvalue weighted by Crippen LogP contribution is -2.09. The van der Waals surface area contributed by atoms with Crippen LogP contribution in [0.4, 0.5) is 0 Å². The first kappa shape index (κ1) is 10.4. The maximum Gasteiger partial charge on any atom is 0.0640 e. The van der Waals surface area contributed by atoms with Gasteiger partial charge in [0.2, 0.25) is 0 Å². The van der Waals surface area contributed by atoms with Crippen LogP contribution in [-0.2, 0) is 0 Å². The topological polar surface area (TPSA) is 26.0 Å². The molecule has 2 N–H and O–H groups in total. The molecule has 68 valence electrons. The zero-order chi connectivity index (χ0) is 9.84. The lowest BCUT2D eigenvalue weighted by Gasteiger charge is -2.11. The van der Waals surface area contributed by atoms with Crippen LogP contribution < -0.4 is 5.73 Å². The predicted molar refractivity (Wildman–Crippen MR) is 56.8 cm³/mol. The van der Waals surface area contributed by atoms with E-state index < -0.39 is 0 Å². The van der Waals surface area contributed by atoms with Gasteiger partial charge in [0.05, 0.1) is 10.0 Å². The zero-order valence-corrected chi connectivity index (χ0v) is 8.44. The summed E-state index contributed by atoms with van der Waals surface area (Å²) in [6.07, 6.45) is 5.61. The van der Waals surface area contributed by atoms with Crippen molar-refractivity contribution in [3.8, 4) is 12.3 Å². The number of hydrogen-bond donors (Lipinski definition) is 1. The van der Waals surface area contributed by atoms with E-state index in [-0.39, 0.29) is 6.04 Å². The first-order valence-electron chi connectivity index (χ1n) is 3.79. The molecule has 0 aliphatic heterocycles. The average molecular weight is 214 g/mol. The lowest BCUT2D eigenvalue weighted by atomic mass is 10.1. The van der Waals surface area contributed by atoms with Crippen molar-refractivity contribution in [3.05, 3.63) is 33.8 Å². The van der Waals surface area contributed by atoms with E-state index in [1.807, 2.05) is 6.07 Å². The average Bonchev–Trinajstić information content (AvgIpc) is 2.10.